The number of carbonyl (C=O) groups is 1. The molecule has 1 saturated carbocycles. The summed E-state index contributed by atoms with van der Waals surface area (Å²) in [5.41, 5.74) is 2.15. The average Bonchev–Trinajstić information content (AvgIpc) is 3.43. The number of unbranched alkanes of at least 4 members (excludes halogenated alkanes) is 1. The third-order valence-corrected chi connectivity index (χ3v) is 9.91. The Hall–Kier alpha value is -3.17. The Morgan fingerprint density at radius 1 is 1.04 bits per heavy atom. The van der Waals surface area contributed by atoms with Crippen LogP contribution in [0.25, 0.3) is 22.3 Å². The highest BCUT2D eigenvalue weighted by atomic mass is 32.2. The van der Waals surface area contributed by atoms with E-state index in [-0.39, 0.29) is 35.9 Å². The number of nitrogens with zero attached hydrogens (tertiary/aromatic N) is 5. The minimum atomic E-state index is -3.80. The molecule has 1 amide bonds. The molecule has 0 bridgehead atoms. The minimum Gasteiger partial charge on any atom is -0.393 e. The molecule has 0 unspecified atom stereocenters. The lowest BCUT2D eigenvalue weighted by atomic mass is 9.93. The Labute approximate surface area is 265 Å². The van der Waals surface area contributed by atoms with E-state index in [1.165, 1.54) is 0 Å². The highest BCUT2D eigenvalue weighted by Crippen LogP contribution is 2.34. The molecule has 2 fully saturated rings. The number of hydrogen-bond donors (Lipinski definition) is 4. The first-order valence-corrected chi connectivity index (χ1v) is 17.7. The Morgan fingerprint density at radius 3 is 2.53 bits per heavy atom. The largest absolute Gasteiger partial charge is 0.393 e. The number of aliphatic hydroxyl groups is 1. The van der Waals surface area contributed by atoms with Crippen molar-refractivity contribution in [3.05, 3.63) is 30.5 Å². The van der Waals surface area contributed by atoms with Crippen molar-refractivity contribution in [3.8, 4) is 11.3 Å². The highest BCUT2D eigenvalue weighted by molar-refractivity contribution is 7.89. The number of aliphatic hydroxyl groups excluding tert-OH is 1. The van der Waals surface area contributed by atoms with Gasteiger partial charge >= 0.3 is 0 Å². The number of fused-ring (bicyclic) bond motifs is 1. The number of carbonyl (C=O) groups excluding carboxylic acids is 1. The van der Waals surface area contributed by atoms with E-state index in [2.05, 4.69) is 32.2 Å². The van der Waals surface area contributed by atoms with E-state index in [0.717, 1.165) is 88.1 Å². The Kier molecular flexibility index (Phi) is 11.7. The third kappa shape index (κ3) is 8.97. The molecule has 1 aliphatic heterocycles. The number of ether oxygens (including phenoxy) is 1. The Morgan fingerprint density at radius 2 is 1.80 bits per heavy atom. The van der Waals surface area contributed by atoms with E-state index < -0.39 is 10.0 Å². The molecule has 13 nitrogen and oxygen atoms in total. The number of amides is 1. The molecular weight excluding hydrogens is 596 g/mol. The first kappa shape index (κ1) is 33.2. The van der Waals surface area contributed by atoms with Gasteiger partial charge in [-0.25, -0.2) is 22.8 Å². The smallest absolute Gasteiger partial charge is 0.240 e. The lowest BCUT2D eigenvalue weighted by molar-refractivity contribution is -0.120. The van der Waals surface area contributed by atoms with E-state index in [4.69, 9.17) is 14.8 Å². The minimum absolute atomic E-state index is 0.0104. The van der Waals surface area contributed by atoms with E-state index in [1.807, 2.05) is 4.68 Å². The zero-order valence-corrected chi connectivity index (χ0v) is 26.9. The molecule has 0 spiro atoms. The van der Waals surface area contributed by atoms with Gasteiger partial charge in [-0.3, -0.25) is 9.69 Å². The maximum atomic E-state index is 13.0. The van der Waals surface area contributed by atoms with Crippen LogP contribution in [-0.2, 0) is 19.6 Å². The topological polar surface area (TPSA) is 164 Å². The summed E-state index contributed by atoms with van der Waals surface area (Å²) in [6.45, 7) is 7.69. The van der Waals surface area contributed by atoms with Gasteiger partial charge in [0.25, 0.3) is 0 Å². The summed E-state index contributed by atoms with van der Waals surface area (Å²) in [6.07, 6.45) is 7.49. The van der Waals surface area contributed by atoms with Crippen LogP contribution < -0.4 is 15.4 Å². The lowest BCUT2D eigenvalue weighted by Gasteiger charge is -2.26. The molecule has 45 heavy (non-hydrogen) atoms. The van der Waals surface area contributed by atoms with E-state index >= 15 is 0 Å². The number of nitrogens with one attached hydrogen (secondary N) is 3. The summed E-state index contributed by atoms with van der Waals surface area (Å²) in [5, 5.41) is 21.9. The zero-order valence-electron chi connectivity index (χ0n) is 26.1. The summed E-state index contributed by atoms with van der Waals surface area (Å²) in [5.74, 6) is 0.365. The fourth-order valence-corrected chi connectivity index (χ4v) is 6.81. The van der Waals surface area contributed by atoms with Crippen molar-refractivity contribution in [2.24, 2.45) is 0 Å². The number of rotatable bonds is 15. The second-order valence-corrected chi connectivity index (χ2v) is 13.6. The van der Waals surface area contributed by atoms with Gasteiger partial charge in [0.15, 0.2) is 5.65 Å². The molecule has 246 valence electrons. The summed E-state index contributed by atoms with van der Waals surface area (Å²) in [7, 11) is -3.80. The molecule has 14 heteroatoms. The van der Waals surface area contributed by atoms with Gasteiger partial charge in [-0.05, 0) is 57.2 Å². The van der Waals surface area contributed by atoms with Crippen LogP contribution in [0, 0.1) is 0 Å². The molecule has 4 N–H and O–H groups in total. The molecule has 1 saturated heterocycles. The van der Waals surface area contributed by atoms with Gasteiger partial charge in [0.05, 0.1) is 35.6 Å². The van der Waals surface area contributed by atoms with Crippen molar-refractivity contribution in [3.63, 3.8) is 0 Å². The number of hydrogen-bond acceptors (Lipinski definition) is 10. The van der Waals surface area contributed by atoms with E-state index in [9.17, 15) is 18.3 Å². The van der Waals surface area contributed by atoms with Crippen LogP contribution in [0.5, 0.6) is 0 Å². The van der Waals surface area contributed by atoms with Crippen LogP contribution in [-0.4, -0.2) is 103 Å². The number of benzene rings is 1. The van der Waals surface area contributed by atoms with Crippen LogP contribution in [0.3, 0.4) is 0 Å². The molecule has 2 aromatic heterocycles. The summed E-state index contributed by atoms with van der Waals surface area (Å²) < 4.78 is 35.8. The third-order valence-electron chi connectivity index (χ3n) is 8.43. The molecule has 1 aliphatic carbocycles. The second-order valence-electron chi connectivity index (χ2n) is 11.8. The van der Waals surface area contributed by atoms with E-state index in [0.29, 0.717) is 31.0 Å². The van der Waals surface area contributed by atoms with Crippen LogP contribution in [0.15, 0.2) is 35.4 Å². The van der Waals surface area contributed by atoms with Crippen molar-refractivity contribution in [1.29, 1.82) is 0 Å². The fourth-order valence-electron chi connectivity index (χ4n) is 5.77. The molecule has 0 atom stereocenters. The van der Waals surface area contributed by atoms with Crippen LogP contribution in [0.2, 0.25) is 0 Å². The molecule has 0 radical (unpaired) electrons. The number of sulfonamides is 1. The Bertz CT molecular complexity index is 1500. The highest BCUT2D eigenvalue weighted by Gasteiger charge is 2.26. The zero-order chi connectivity index (χ0) is 31.6. The summed E-state index contributed by atoms with van der Waals surface area (Å²) in [6, 6.07) is 6.67. The van der Waals surface area contributed by atoms with Crippen molar-refractivity contribution >= 4 is 32.9 Å². The number of anilines is 1. The monoisotopic (exact) mass is 642 g/mol. The first-order valence-electron chi connectivity index (χ1n) is 16.2. The van der Waals surface area contributed by atoms with Crippen LogP contribution >= 0.6 is 0 Å². The predicted octanol–water partition coefficient (Wildman–Crippen LogP) is 2.69. The number of morpholine rings is 1. The van der Waals surface area contributed by atoms with Gasteiger partial charge in [0.1, 0.15) is 5.69 Å². The van der Waals surface area contributed by atoms with Gasteiger partial charge in [0, 0.05) is 50.9 Å². The average molecular weight is 643 g/mol. The van der Waals surface area contributed by atoms with Crippen LogP contribution in [0.1, 0.15) is 64.3 Å². The quantitative estimate of drug-likeness (QED) is 0.181. The standard InChI is InChI=1S/C31H46N8O5S/c1-2-3-14-33-31-34-22-27-29(37-39(30(27)36-31)24-7-9-25(40)10-8-24)23-5-11-26(12-6-23)45(42,43)35-16-13-28(41)32-15-4-17-38-18-20-44-21-19-38/h5-6,11-12,22,24-25,35,40H,2-4,7-10,13-21H2,1H3,(H,32,41)(H,33,34,36)/t24-,25+. The van der Waals surface area contributed by atoms with Gasteiger partial charge in [-0.1, -0.05) is 25.5 Å². The first-order chi connectivity index (χ1) is 21.8. The Balaban J connectivity index is 1.21. The maximum absolute atomic E-state index is 13.0. The predicted molar refractivity (Wildman–Crippen MR) is 172 cm³/mol. The summed E-state index contributed by atoms with van der Waals surface area (Å²) >= 11 is 0. The van der Waals surface area contributed by atoms with Gasteiger partial charge in [-0.15, -0.1) is 0 Å². The lowest BCUT2D eigenvalue weighted by Crippen LogP contribution is -2.38. The molecule has 3 heterocycles. The molecular formula is C31H46N8O5S. The summed E-state index contributed by atoms with van der Waals surface area (Å²) in [4.78, 5) is 24.0. The second kappa shape index (κ2) is 15.9. The molecule has 1 aromatic carbocycles. The van der Waals surface area contributed by atoms with Crippen molar-refractivity contribution in [1.82, 2.24) is 34.7 Å². The SMILES string of the molecule is CCCCNc1ncc2c(-c3ccc(S(=O)(=O)NCCC(=O)NCCCN4CCOCC4)cc3)nn([C@H]3CC[C@@H](O)CC3)c2n1. The number of aromatic nitrogens is 4. The van der Waals surface area contributed by atoms with Crippen LogP contribution in [0.4, 0.5) is 5.95 Å². The molecule has 3 aromatic rings. The van der Waals surface area contributed by atoms with Gasteiger partial charge in [0.2, 0.25) is 21.9 Å². The molecule has 2 aliphatic rings. The molecule has 5 rings (SSSR count). The van der Waals surface area contributed by atoms with Crippen molar-refractivity contribution in [2.75, 3.05) is 57.8 Å². The van der Waals surface area contributed by atoms with Gasteiger partial charge < -0.3 is 20.5 Å². The fraction of sp³-hybridized carbons (Fsp3) is 0.613. The maximum Gasteiger partial charge on any atom is 0.240 e. The van der Waals surface area contributed by atoms with E-state index in [1.54, 1.807) is 30.5 Å². The van der Waals surface area contributed by atoms with Crippen molar-refractivity contribution in [2.45, 2.75) is 75.3 Å². The van der Waals surface area contributed by atoms with Crippen molar-refractivity contribution < 1.29 is 23.1 Å². The van der Waals surface area contributed by atoms with Gasteiger partial charge in [-0.2, -0.15) is 10.1 Å². The normalized spacial score (nSPS) is 19.5.